The van der Waals surface area contributed by atoms with Crippen LogP contribution in [-0.2, 0) is 6.54 Å². The van der Waals surface area contributed by atoms with E-state index >= 15 is 0 Å². The topological polar surface area (TPSA) is 39.9 Å². The molecule has 0 unspecified atom stereocenters. The smallest absolute Gasteiger partial charge is 0.289 e. The second-order valence-electron chi connectivity index (χ2n) is 7.75. The van der Waals surface area contributed by atoms with Crippen LogP contribution in [0.15, 0.2) is 34.7 Å². The molecule has 0 bridgehead atoms. The lowest BCUT2D eigenvalue weighted by Gasteiger charge is -2.36. The number of furan rings is 1. The van der Waals surface area contributed by atoms with Crippen molar-refractivity contribution >= 4 is 11.6 Å². The number of carbonyl (C=O) groups is 1. The molecule has 1 aromatic carbocycles. The van der Waals surface area contributed by atoms with E-state index in [1.165, 1.54) is 16.8 Å². The predicted octanol–water partition coefficient (Wildman–Crippen LogP) is 3.45. The number of likely N-dealkylation sites (tertiary alicyclic amines) is 1. The standard InChI is InChI=1S/C22H29N3O2/c1-17-6-5-7-20(18(17)2)24-14-12-23(13-15-24)16-19-8-9-21(27-19)22(26)25-10-3-4-11-25/h5-9H,3-4,10-16H2,1-2H3. The number of amides is 1. The van der Waals surface area contributed by atoms with Crippen molar-refractivity contribution in [2.24, 2.45) is 0 Å². The summed E-state index contributed by atoms with van der Waals surface area (Å²) in [7, 11) is 0. The lowest BCUT2D eigenvalue weighted by molar-refractivity contribution is 0.0757. The van der Waals surface area contributed by atoms with Gasteiger partial charge >= 0.3 is 0 Å². The largest absolute Gasteiger partial charge is 0.455 e. The van der Waals surface area contributed by atoms with Gasteiger partial charge in [-0.2, -0.15) is 0 Å². The molecule has 2 saturated heterocycles. The molecule has 27 heavy (non-hydrogen) atoms. The van der Waals surface area contributed by atoms with E-state index in [1.807, 2.05) is 17.0 Å². The van der Waals surface area contributed by atoms with E-state index in [2.05, 4.69) is 41.8 Å². The van der Waals surface area contributed by atoms with E-state index in [9.17, 15) is 4.79 Å². The van der Waals surface area contributed by atoms with Crippen molar-refractivity contribution in [3.05, 3.63) is 53.0 Å². The molecule has 2 aliphatic heterocycles. The summed E-state index contributed by atoms with van der Waals surface area (Å²) >= 11 is 0. The SMILES string of the molecule is Cc1cccc(N2CCN(Cc3ccc(C(=O)N4CCCC4)o3)CC2)c1C. The molecule has 0 saturated carbocycles. The summed E-state index contributed by atoms with van der Waals surface area (Å²) < 4.78 is 5.86. The summed E-state index contributed by atoms with van der Waals surface area (Å²) in [5, 5.41) is 0. The van der Waals surface area contributed by atoms with E-state index in [0.717, 1.165) is 64.4 Å². The highest BCUT2D eigenvalue weighted by molar-refractivity contribution is 5.91. The minimum atomic E-state index is 0.0403. The van der Waals surface area contributed by atoms with E-state index in [4.69, 9.17) is 4.42 Å². The molecule has 0 aliphatic carbocycles. The number of carbonyl (C=O) groups excluding carboxylic acids is 1. The van der Waals surface area contributed by atoms with Gasteiger partial charge in [-0.25, -0.2) is 0 Å². The first-order chi connectivity index (χ1) is 13.1. The van der Waals surface area contributed by atoms with Crippen LogP contribution < -0.4 is 4.90 Å². The zero-order chi connectivity index (χ0) is 18.8. The maximum absolute atomic E-state index is 12.4. The van der Waals surface area contributed by atoms with Gasteiger partial charge in [0.25, 0.3) is 5.91 Å². The Balaban J connectivity index is 1.33. The molecule has 2 fully saturated rings. The average Bonchev–Trinajstić information content (AvgIpc) is 3.36. The Kier molecular flexibility index (Phi) is 5.21. The predicted molar refractivity (Wildman–Crippen MR) is 107 cm³/mol. The summed E-state index contributed by atoms with van der Waals surface area (Å²) in [5.41, 5.74) is 4.08. The van der Waals surface area contributed by atoms with Gasteiger partial charge in [0, 0.05) is 45.0 Å². The molecule has 1 amide bonds. The Hall–Kier alpha value is -2.27. The number of piperazine rings is 1. The average molecular weight is 367 g/mol. The normalized spacial score (nSPS) is 18.3. The number of benzene rings is 1. The lowest BCUT2D eigenvalue weighted by atomic mass is 10.1. The molecule has 3 heterocycles. The maximum Gasteiger partial charge on any atom is 0.289 e. The third kappa shape index (κ3) is 3.88. The van der Waals surface area contributed by atoms with Gasteiger partial charge in [0.05, 0.1) is 6.54 Å². The fourth-order valence-corrected chi connectivity index (χ4v) is 4.10. The third-order valence-electron chi connectivity index (χ3n) is 5.93. The number of hydrogen-bond acceptors (Lipinski definition) is 4. The van der Waals surface area contributed by atoms with Crippen LogP contribution in [0.4, 0.5) is 5.69 Å². The monoisotopic (exact) mass is 367 g/mol. The van der Waals surface area contributed by atoms with Crippen LogP contribution in [-0.4, -0.2) is 55.0 Å². The number of rotatable bonds is 4. The van der Waals surface area contributed by atoms with Crippen LogP contribution in [0, 0.1) is 13.8 Å². The second-order valence-corrected chi connectivity index (χ2v) is 7.75. The van der Waals surface area contributed by atoms with Crippen molar-refractivity contribution in [1.82, 2.24) is 9.80 Å². The Labute approximate surface area is 161 Å². The van der Waals surface area contributed by atoms with Crippen molar-refractivity contribution in [3.8, 4) is 0 Å². The van der Waals surface area contributed by atoms with Gasteiger partial charge in [-0.3, -0.25) is 9.69 Å². The van der Waals surface area contributed by atoms with E-state index in [1.54, 1.807) is 0 Å². The van der Waals surface area contributed by atoms with Crippen LogP contribution in [0.25, 0.3) is 0 Å². The van der Waals surface area contributed by atoms with Crippen LogP contribution in [0.2, 0.25) is 0 Å². The molecule has 0 N–H and O–H groups in total. The van der Waals surface area contributed by atoms with E-state index < -0.39 is 0 Å². The molecule has 2 aliphatic rings. The number of anilines is 1. The van der Waals surface area contributed by atoms with Crippen molar-refractivity contribution in [1.29, 1.82) is 0 Å². The fourth-order valence-electron chi connectivity index (χ4n) is 4.10. The lowest BCUT2D eigenvalue weighted by Crippen LogP contribution is -2.46. The Morgan fingerprint density at radius 2 is 1.70 bits per heavy atom. The van der Waals surface area contributed by atoms with Gasteiger partial charge in [-0.1, -0.05) is 12.1 Å². The maximum atomic E-state index is 12.4. The zero-order valence-corrected chi connectivity index (χ0v) is 16.4. The number of nitrogens with zero attached hydrogens (tertiary/aromatic N) is 3. The molecular formula is C22H29N3O2. The van der Waals surface area contributed by atoms with Crippen molar-refractivity contribution < 1.29 is 9.21 Å². The van der Waals surface area contributed by atoms with Gasteiger partial charge in [0.1, 0.15) is 5.76 Å². The summed E-state index contributed by atoms with van der Waals surface area (Å²) in [5.74, 6) is 1.41. The van der Waals surface area contributed by atoms with Gasteiger partial charge in [0.15, 0.2) is 5.76 Å². The fraction of sp³-hybridized carbons (Fsp3) is 0.500. The minimum Gasteiger partial charge on any atom is -0.455 e. The Bertz CT molecular complexity index is 800. The van der Waals surface area contributed by atoms with E-state index in [0.29, 0.717) is 5.76 Å². The van der Waals surface area contributed by atoms with Gasteiger partial charge in [-0.05, 0) is 56.0 Å². The van der Waals surface area contributed by atoms with E-state index in [-0.39, 0.29) is 5.91 Å². The second kappa shape index (κ2) is 7.77. The van der Waals surface area contributed by atoms with Crippen LogP contribution in [0.1, 0.15) is 40.3 Å². The molecule has 5 heteroatoms. The summed E-state index contributed by atoms with van der Waals surface area (Å²) in [4.78, 5) is 19.2. The number of hydrogen-bond donors (Lipinski definition) is 0. The molecule has 0 spiro atoms. The highest BCUT2D eigenvalue weighted by Gasteiger charge is 2.23. The highest BCUT2D eigenvalue weighted by atomic mass is 16.4. The molecule has 4 rings (SSSR count). The van der Waals surface area contributed by atoms with Gasteiger partial charge < -0.3 is 14.2 Å². The van der Waals surface area contributed by atoms with Gasteiger partial charge in [0.2, 0.25) is 0 Å². The molecule has 1 aromatic heterocycles. The first-order valence-corrected chi connectivity index (χ1v) is 10.0. The minimum absolute atomic E-state index is 0.0403. The summed E-state index contributed by atoms with van der Waals surface area (Å²) in [6.07, 6.45) is 2.20. The van der Waals surface area contributed by atoms with Crippen molar-refractivity contribution in [3.63, 3.8) is 0 Å². The molecule has 144 valence electrons. The summed E-state index contributed by atoms with van der Waals surface area (Å²) in [6.45, 7) is 10.9. The first-order valence-electron chi connectivity index (χ1n) is 10.0. The van der Waals surface area contributed by atoms with Crippen molar-refractivity contribution in [2.75, 3.05) is 44.2 Å². The molecular weight excluding hydrogens is 338 g/mol. The number of aryl methyl sites for hydroxylation is 1. The third-order valence-corrected chi connectivity index (χ3v) is 5.93. The van der Waals surface area contributed by atoms with Crippen LogP contribution in [0.5, 0.6) is 0 Å². The molecule has 0 radical (unpaired) electrons. The summed E-state index contributed by atoms with van der Waals surface area (Å²) in [6, 6.07) is 10.3. The van der Waals surface area contributed by atoms with Crippen LogP contribution in [0.3, 0.4) is 0 Å². The van der Waals surface area contributed by atoms with Gasteiger partial charge in [-0.15, -0.1) is 0 Å². The highest BCUT2D eigenvalue weighted by Crippen LogP contribution is 2.24. The van der Waals surface area contributed by atoms with Crippen molar-refractivity contribution in [2.45, 2.75) is 33.2 Å². The first kappa shape index (κ1) is 18.1. The Morgan fingerprint density at radius 1 is 0.963 bits per heavy atom. The quantitative estimate of drug-likeness (QED) is 0.830. The molecule has 5 nitrogen and oxygen atoms in total. The zero-order valence-electron chi connectivity index (χ0n) is 16.4. The molecule has 0 atom stereocenters. The Morgan fingerprint density at radius 3 is 2.44 bits per heavy atom. The molecule has 2 aromatic rings. The van der Waals surface area contributed by atoms with Crippen LogP contribution >= 0.6 is 0 Å².